The summed E-state index contributed by atoms with van der Waals surface area (Å²) in [5, 5.41) is 0. The maximum atomic E-state index is 5.21. The van der Waals surface area contributed by atoms with Gasteiger partial charge in [0, 0.05) is 24.0 Å². The quantitative estimate of drug-likeness (QED) is 0.508. The van der Waals surface area contributed by atoms with Crippen molar-refractivity contribution in [2.75, 3.05) is 7.11 Å². The van der Waals surface area contributed by atoms with Crippen LogP contribution in [0, 0.1) is 23.7 Å². The molecular formula is C27H24O. The molecule has 0 aromatic heterocycles. The minimum atomic E-state index is 0.806. The number of rotatable bonds is 4. The van der Waals surface area contributed by atoms with E-state index in [1.807, 2.05) is 12.1 Å². The Kier molecular flexibility index (Phi) is 6.95. The molecule has 0 aliphatic rings. The van der Waals surface area contributed by atoms with E-state index in [9.17, 15) is 0 Å². The van der Waals surface area contributed by atoms with Crippen LogP contribution in [0.3, 0.4) is 0 Å². The largest absolute Gasteiger partial charge is 0.497 e. The summed E-state index contributed by atoms with van der Waals surface area (Å²) in [7, 11) is 1.68. The van der Waals surface area contributed by atoms with Crippen molar-refractivity contribution in [2.45, 2.75) is 26.2 Å². The van der Waals surface area contributed by atoms with Gasteiger partial charge in [-0.2, -0.15) is 0 Å². The predicted molar refractivity (Wildman–Crippen MR) is 117 cm³/mol. The van der Waals surface area contributed by atoms with Gasteiger partial charge < -0.3 is 4.74 Å². The van der Waals surface area contributed by atoms with E-state index >= 15 is 0 Å². The van der Waals surface area contributed by atoms with Crippen LogP contribution in [0.25, 0.3) is 11.1 Å². The van der Waals surface area contributed by atoms with Gasteiger partial charge in [0.2, 0.25) is 0 Å². The highest BCUT2D eigenvalue weighted by molar-refractivity contribution is 5.65. The van der Waals surface area contributed by atoms with Crippen molar-refractivity contribution in [3.63, 3.8) is 0 Å². The molecule has 3 rings (SSSR count). The zero-order valence-corrected chi connectivity index (χ0v) is 16.5. The molecule has 28 heavy (non-hydrogen) atoms. The molecule has 0 bridgehead atoms. The zero-order chi connectivity index (χ0) is 19.6. The first kappa shape index (κ1) is 19.3. The van der Waals surface area contributed by atoms with Crippen LogP contribution >= 0.6 is 0 Å². The van der Waals surface area contributed by atoms with Gasteiger partial charge in [-0.15, -0.1) is 5.92 Å². The number of methoxy groups -OCH3 is 1. The molecule has 3 aromatic rings. The third-order valence-corrected chi connectivity index (χ3v) is 4.41. The molecule has 0 aliphatic carbocycles. The molecule has 0 amide bonds. The molecular weight excluding hydrogens is 340 g/mol. The molecule has 0 aliphatic heterocycles. The van der Waals surface area contributed by atoms with Crippen LogP contribution in [0.1, 0.15) is 36.5 Å². The molecule has 138 valence electrons. The Balaban J connectivity index is 1.64. The van der Waals surface area contributed by atoms with E-state index in [-0.39, 0.29) is 0 Å². The van der Waals surface area contributed by atoms with Crippen LogP contribution in [0.5, 0.6) is 5.75 Å². The lowest BCUT2D eigenvalue weighted by Crippen LogP contribution is -1.84. The summed E-state index contributed by atoms with van der Waals surface area (Å²) in [4.78, 5) is 0. The van der Waals surface area contributed by atoms with Gasteiger partial charge in [0.25, 0.3) is 0 Å². The minimum Gasteiger partial charge on any atom is -0.497 e. The van der Waals surface area contributed by atoms with Gasteiger partial charge >= 0.3 is 0 Å². The topological polar surface area (TPSA) is 9.23 Å². The Morgan fingerprint density at radius 2 is 1.21 bits per heavy atom. The lowest BCUT2D eigenvalue weighted by atomic mass is 10.0. The Morgan fingerprint density at radius 1 is 0.679 bits per heavy atom. The lowest BCUT2D eigenvalue weighted by Gasteiger charge is -2.04. The van der Waals surface area contributed by atoms with Crippen molar-refractivity contribution in [3.8, 4) is 40.6 Å². The summed E-state index contributed by atoms with van der Waals surface area (Å²) < 4.78 is 5.21. The fourth-order valence-corrected chi connectivity index (χ4v) is 2.76. The molecule has 0 saturated heterocycles. The first-order valence-corrected chi connectivity index (χ1v) is 9.59. The molecule has 0 radical (unpaired) electrons. The van der Waals surface area contributed by atoms with Crippen molar-refractivity contribution >= 4 is 0 Å². The van der Waals surface area contributed by atoms with Crippen LogP contribution < -0.4 is 4.74 Å². The molecule has 0 fully saturated rings. The zero-order valence-electron chi connectivity index (χ0n) is 16.5. The van der Waals surface area contributed by atoms with Crippen molar-refractivity contribution < 1.29 is 4.74 Å². The first-order valence-electron chi connectivity index (χ1n) is 9.59. The third kappa shape index (κ3) is 5.54. The second kappa shape index (κ2) is 10.1. The fraction of sp³-hybridized carbons (Fsp3) is 0.185. The summed E-state index contributed by atoms with van der Waals surface area (Å²) in [5.41, 5.74) is 5.59. The molecule has 0 spiro atoms. The van der Waals surface area contributed by atoms with Gasteiger partial charge in [-0.05, 0) is 59.5 Å². The number of hydrogen-bond acceptors (Lipinski definition) is 1. The first-order chi connectivity index (χ1) is 13.8. The number of ether oxygens (including phenoxy) is 1. The smallest absolute Gasteiger partial charge is 0.118 e. The Bertz CT molecular complexity index is 1000. The molecule has 0 saturated carbocycles. The van der Waals surface area contributed by atoms with E-state index in [1.54, 1.807) is 7.11 Å². The molecule has 3 aromatic carbocycles. The molecule has 1 heteroatoms. The van der Waals surface area contributed by atoms with Crippen molar-refractivity contribution in [1.82, 2.24) is 0 Å². The number of unbranched alkanes of at least 4 members (excludes halogenated alkanes) is 1. The Morgan fingerprint density at radius 3 is 1.75 bits per heavy atom. The molecule has 0 heterocycles. The highest BCUT2D eigenvalue weighted by Crippen LogP contribution is 2.22. The molecule has 0 N–H and O–H groups in total. The summed E-state index contributed by atoms with van der Waals surface area (Å²) in [6.07, 6.45) is 2.89. The predicted octanol–water partition coefficient (Wildman–Crippen LogP) is 6.11. The minimum absolute atomic E-state index is 0.806. The van der Waals surface area contributed by atoms with Crippen molar-refractivity contribution in [2.24, 2.45) is 0 Å². The summed E-state index contributed by atoms with van der Waals surface area (Å²) in [5.74, 6) is 13.7. The van der Waals surface area contributed by atoms with E-state index in [0.717, 1.165) is 41.7 Å². The Hall–Kier alpha value is -3.42. The Labute approximate surface area is 168 Å². The molecule has 1 nitrogen and oxygen atoms in total. The maximum absolute atomic E-state index is 5.21. The van der Waals surface area contributed by atoms with Gasteiger partial charge in [-0.1, -0.05) is 61.1 Å². The number of benzene rings is 3. The lowest BCUT2D eigenvalue weighted by molar-refractivity contribution is 0.415. The summed E-state index contributed by atoms with van der Waals surface area (Å²) in [6.45, 7) is 2.15. The van der Waals surface area contributed by atoms with E-state index in [0.29, 0.717) is 0 Å². The molecule has 0 atom stereocenters. The van der Waals surface area contributed by atoms with E-state index in [4.69, 9.17) is 4.74 Å². The second-order valence-corrected chi connectivity index (χ2v) is 6.53. The van der Waals surface area contributed by atoms with Crippen LogP contribution in [0.2, 0.25) is 0 Å². The van der Waals surface area contributed by atoms with E-state index in [1.165, 1.54) is 11.1 Å². The second-order valence-electron chi connectivity index (χ2n) is 6.53. The van der Waals surface area contributed by atoms with Crippen molar-refractivity contribution in [1.29, 1.82) is 0 Å². The number of hydrogen-bond donors (Lipinski definition) is 0. The van der Waals surface area contributed by atoms with Crippen LogP contribution in [-0.4, -0.2) is 7.11 Å². The summed E-state index contributed by atoms with van der Waals surface area (Å²) in [6, 6.07) is 24.7. The van der Waals surface area contributed by atoms with Gasteiger partial charge in [0.15, 0.2) is 0 Å². The standard InChI is InChI=1S/C27H24O/c1-3-4-5-6-7-22-8-10-23(11-9-22)12-13-24-14-16-25(17-15-24)26-18-20-27(28-2)21-19-26/h8-11,14-21H,3-4,7H2,1-2H3. The van der Waals surface area contributed by atoms with Gasteiger partial charge in [-0.25, -0.2) is 0 Å². The van der Waals surface area contributed by atoms with Gasteiger partial charge in [0.05, 0.1) is 7.11 Å². The fourth-order valence-electron chi connectivity index (χ4n) is 2.76. The van der Waals surface area contributed by atoms with Crippen LogP contribution in [-0.2, 0) is 6.42 Å². The van der Waals surface area contributed by atoms with Crippen LogP contribution in [0.4, 0.5) is 0 Å². The van der Waals surface area contributed by atoms with Gasteiger partial charge in [-0.3, -0.25) is 0 Å². The SMILES string of the molecule is CCCC#CCc1ccc(C#Cc2ccc(-c3ccc(OC)cc3)cc2)cc1. The van der Waals surface area contributed by atoms with E-state index in [2.05, 4.69) is 91.3 Å². The maximum Gasteiger partial charge on any atom is 0.118 e. The van der Waals surface area contributed by atoms with Crippen molar-refractivity contribution in [3.05, 3.63) is 89.5 Å². The monoisotopic (exact) mass is 364 g/mol. The highest BCUT2D eigenvalue weighted by atomic mass is 16.5. The van der Waals surface area contributed by atoms with E-state index < -0.39 is 0 Å². The summed E-state index contributed by atoms with van der Waals surface area (Å²) >= 11 is 0. The third-order valence-electron chi connectivity index (χ3n) is 4.41. The van der Waals surface area contributed by atoms with Crippen LogP contribution in [0.15, 0.2) is 72.8 Å². The average molecular weight is 364 g/mol. The normalized spacial score (nSPS) is 9.64. The van der Waals surface area contributed by atoms with Gasteiger partial charge in [0.1, 0.15) is 5.75 Å². The molecule has 0 unspecified atom stereocenters. The highest BCUT2D eigenvalue weighted by Gasteiger charge is 1.98. The average Bonchev–Trinajstić information content (AvgIpc) is 2.76.